The third-order valence-electron chi connectivity index (χ3n) is 2.42. The molecule has 0 radical (unpaired) electrons. The minimum atomic E-state index is -2.76. The van der Waals surface area contributed by atoms with Crippen LogP contribution in [0.5, 0.6) is 0 Å². The predicted octanol–water partition coefficient (Wildman–Crippen LogP) is 2.90. The van der Waals surface area contributed by atoms with Crippen molar-refractivity contribution < 1.29 is 28.1 Å². The zero-order chi connectivity index (χ0) is 16.5. The maximum atomic E-state index is 11.9. The number of ether oxygens (including phenoxy) is 3. The molecule has 0 rings (SSSR count). The van der Waals surface area contributed by atoms with Gasteiger partial charge in [0.05, 0.1) is 26.2 Å². The molecular formula is C12H23O6PS2. The van der Waals surface area contributed by atoms with Gasteiger partial charge in [-0.05, 0) is 32.6 Å². The first-order valence-corrected chi connectivity index (χ1v) is 10.2. The summed E-state index contributed by atoms with van der Waals surface area (Å²) in [5.41, 5.74) is -2.76. The number of esters is 1. The van der Waals surface area contributed by atoms with Crippen LogP contribution in [0.1, 0.15) is 20.8 Å². The second-order valence-electron chi connectivity index (χ2n) is 3.88. The molecule has 0 aliphatic rings. The van der Waals surface area contributed by atoms with Gasteiger partial charge in [-0.1, -0.05) is 12.2 Å². The molecule has 0 amide bonds. The van der Waals surface area contributed by atoms with Crippen LogP contribution in [0.25, 0.3) is 0 Å². The molecule has 0 heterocycles. The van der Waals surface area contributed by atoms with Gasteiger partial charge in [0, 0.05) is 13.2 Å². The van der Waals surface area contributed by atoms with Crippen LogP contribution < -0.4 is 0 Å². The predicted molar refractivity (Wildman–Crippen MR) is 87.7 cm³/mol. The Hall–Kier alpha value is -0.270. The first-order chi connectivity index (χ1) is 9.81. The SMILES string of the molecule is CCOC(=O)C(C)[C@H](C=C(OC)OCC)OP(=S)(S)OC. The van der Waals surface area contributed by atoms with E-state index in [1.165, 1.54) is 20.3 Å². The Kier molecular flexibility index (Phi) is 10.3. The van der Waals surface area contributed by atoms with Crippen LogP contribution in [0, 0.1) is 5.92 Å². The standard InChI is InChI=1S/C12H23O6PS2/c1-6-16-11(14-4)8-10(18-19(20,21)15-5)9(3)12(13)17-7-2/h8-10H,6-7H2,1-5H3,(H,20,21)/t9?,10-/m0/s1. The number of hydrogen-bond donors (Lipinski definition) is 1. The highest BCUT2D eigenvalue weighted by Crippen LogP contribution is 2.54. The van der Waals surface area contributed by atoms with Crippen LogP contribution in [0.15, 0.2) is 12.0 Å². The molecule has 124 valence electrons. The molecule has 0 bridgehead atoms. The highest BCUT2D eigenvalue weighted by molar-refractivity contribution is 8.60. The number of hydrogen-bond acceptors (Lipinski definition) is 7. The third-order valence-corrected chi connectivity index (χ3v) is 4.87. The quantitative estimate of drug-likeness (QED) is 0.279. The Morgan fingerprint density at radius 1 is 1.29 bits per heavy atom. The van der Waals surface area contributed by atoms with Gasteiger partial charge in [-0.15, -0.1) is 0 Å². The first-order valence-electron chi connectivity index (χ1n) is 6.43. The topological polar surface area (TPSA) is 63.2 Å². The van der Waals surface area contributed by atoms with Crippen LogP contribution >= 0.6 is 17.9 Å². The molecule has 9 heteroatoms. The fourth-order valence-electron chi connectivity index (χ4n) is 1.32. The smallest absolute Gasteiger partial charge is 0.311 e. The highest BCUT2D eigenvalue weighted by Gasteiger charge is 2.30. The van der Waals surface area contributed by atoms with Gasteiger partial charge >= 0.3 is 5.97 Å². The molecule has 2 unspecified atom stereocenters. The summed E-state index contributed by atoms with van der Waals surface area (Å²) in [6.07, 6.45) is 0.801. The Balaban J connectivity index is 5.26. The molecule has 3 atom stereocenters. The van der Waals surface area contributed by atoms with E-state index < -0.39 is 23.7 Å². The largest absolute Gasteiger partial charge is 0.469 e. The lowest BCUT2D eigenvalue weighted by Gasteiger charge is -2.24. The second kappa shape index (κ2) is 10.5. The third kappa shape index (κ3) is 8.07. The maximum absolute atomic E-state index is 11.9. The Labute approximate surface area is 136 Å². The van der Waals surface area contributed by atoms with E-state index in [-0.39, 0.29) is 12.6 Å². The number of rotatable bonds is 10. The van der Waals surface area contributed by atoms with Crippen LogP contribution in [-0.4, -0.2) is 39.5 Å². The highest BCUT2D eigenvalue weighted by atomic mass is 32.9. The van der Waals surface area contributed by atoms with Crippen molar-refractivity contribution in [1.29, 1.82) is 0 Å². The lowest BCUT2D eigenvalue weighted by atomic mass is 10.1. The number of carbonyl (C=O) groups excluding carboxylic acids is 1. The molecule has 0 N–H and O–H groups in total. The lowest BCUT2D eigenvalue weighted by molar-refractivity contribution is -0.149. The summed E-state index contributed by atoms with van der Waals surface area (Å²) in [7, 11) is 2.87. The number of carbonyl (C=O) groups is 1. The monoisotopic (exact) mass is 358 g/mol. The molecule has 0 aliphatic carbocycles. The molecule has 6 nitrogen and oxygen atoms in total. The second-order valence-corrected chi connectivity index (χ2v) is 9.23. The molecule has 0 saturated carbocycles. The van der Waals surface area contributed by atoms with Crippen LogP contribution in [0.3, 0.4) is 0 Å². The average molecular weight is 358 g/mol. The molecular weight excluding hydrogens is 335 g/mol. The Morgan fingerprint density at radius 2 is 1.86 bits per heavy atom. The van der Waals surface area contributed by atoms with Crippen molar-refractivity contribution in [2.24, 2.45) is 5.92 Å². The summed E-state index contributed by atoms with van der Waals surface area (Å²) in [4.78, 5) is 11.9. The van der Waals surface area contributed by atoms with Crippen molar-refractivity contribution in [3.63, 3.8) is 0 Å². The zero-order valence-corrected chi connectivity index (χ0v) is 15.5. The number of methoxy groups -OCH3 is 1. The van der Waals surface area contributed by atoms with Gasteiger partial charge in [-0.2, -0.15) is 0 Å². The van der Waals surface area contributed by atoms with E-state index in [1.54, 1.807) is 13.8 Å². The maximum Gasteiger partial charge on any atom is 0.311 e. The van der Waals surface area contributed by atoms with Crippen molar-refractivity contribution in [2.45, 2.75) is 26.9 Å². The van der Waals surface area contributed by atoms with Crippen molar-refractivity contribution in [1.82, 2.24) is 0 Å². The summed E-state index contributed by atoms with van der Waals surface area (Å²) in [6, 6.07) is 0. The fourth-order valence-corrected chi connectivity index (χ4v) is 2.58. The summed E-state index contributed by atoms with van der Waals surface area (Å²) in [6.45, 7) is 5.91. The Morgan fingerprint density at radius 3 is 2.29 bits per heavy atom. The minimum absolute atomic E-state index is 0.234. The molecule has 21 heavy (non-hydrogen) atoms. The van der Waals surface area contributed by atoms with Gasteiger partial charge in [-0.25, -0.2) is 0 Å². The van der Waals surface area contributed by atoms with Crippen molar-refractivity contribution in [3.8, 4) is 0 Å². The molecule has 0 spiro atoms. The summed E-state index contributed by atoms with van der Waals surface area (Å²) in [5, 5.41) is 0. The van der Waals surface area contributed by atoms with Gasteiger partial charge in [0.25, 0.3) is 5.95 Å². The Bertz CT molecular complexity index is 401. The van der Waals surface area contributed by atoms with Crippen LogP contribution in [-0.2, 0) is 39.9 Å². The summed E-state index contributed by atoms with van der Waals surface area (Å²) in [5.74, 6) is -0.789. The van der Waals surface area contributed by atoms with E-state index in [0.717, 1.165) is 0 Å². The normalized spacial score (nSPS) is 17.5. The van der Waals surface area contributed by atoms with Gasteiger partial charge in [-0.3, -0.25) is 4.79 Å². The molecule has 0 aliphatic heterocycles. The van der Waals surface area contributed by atoms with E-state index >= 15 is 0 Å². The molecule has 0 fully saturated rings. The van der Waals surface area contributed by atoms with Crippen molar-refractivity contribution in [2.75, 3.05) is 27.4 Å². The lowest BCUT2D eigenvalue weighted by Crippen LogP contribution is -2.28. The molecule has 0 aromatic heterocycles. The molecule has 0 aromatic rings. The van der Waals surface area contributed by atoms with E-state index in [4.69, 9.17) is 35.1 Å². The van der Waals surface area contributed by atoms with Gasteiger partial charge in [0.1, 0.15) is 6.10 Å². The van der Waals surface area contributed by atoms with Gasteiger partial charge < -0.3 is 23.3 Å². The van der Waals surface area contributed by atoms with E-state index in [2.05, 4.69) is 12.2 Å². The average Bonchev–Trinajstić information content (AvgIpc) is 2.45. The zero-order valence-electron chi connectivity index (χ0n) is 12.9. The fraction of sp³-hybridized carbons (Fsp3) is 0.750. The minimum Gasteiger partial charge on any atom is -0.469 e. The molecule has 0 aromatic carbocycles. The van der Waals surface area contributed by atoms with E-state index in [1.807, 2.05) is 6.92 Å². The van der Waals surface area contributed by atoms with Crippen LogP contribution in [0.2, 0.25) is 0 Å². The van der Waals surface area contributed by atoms with Gasteiger partial charge in [0.2, 0.25) is 5.69 Å². The summed E-state index contributed by atoms with van der Waals surface area (Å²) >= 11 is 9.28. The number of thiol groups is 1. The van der Waals surface area contributed by atoms with E-state index in [9.17, 15) is 4.79 Å². The van der Waals surface area contributed by atoms with Gasteiger partial charge in [0.15, 0.2) is 0 Å². The summed E-state index contributed by atoms with van der Waals surface area (Å²) < 4.78 is 26.0. The van der Waals surface area contributed by atoms with Crippen molar-refractivity contribution >= 4 is 35.7 Å². The van der Waals surface area contributed by atoms with Crippen LogP contribution in [0.4, 0.5) is 0 Å². The molecule has 0 saturated heterocycles. The first kappa shape index (κ1) is 20.7. The van der Waals surface area contributed by atoms with Crippen molar-refractivity contribution in [3.05, 3.63) is 12.0 Å². The van der Waals surface area contributed by atoms with E-state index in [0.29, 0.717) is 6.61 Å².